The Morgan fingerprint density at radius 2 is 2.00 bits per heavy atom. The summed E-state index contributed by atoms with van der Waals surface area (Å²) in [5, 5.41) is 2.78. The highest BCUT2D eigenvalue weighted by Gasteiger charge is 2.09. The summed E-state index contributed by atoms with van der Waals surface area (Å²) in [7, 11) is 1.65. The molecule has 1 aromatic heterocycles. The number of aromatic nitrogens is 1. The molecule has 1 N–H and O–H groups in total. The average molecular weight is 321 g/mol. The third-order valence-corrected chi connectivity index (χ3v) is 3.08. The van der Waals surface area contributed by atoms with Crippen molar-refractivity contribution in [1.82, 2.24) is 15.2 Å². The number of hydrogen-bond acceptors (Lipinski definition) is 3. The maximum Gasteiger partial charge on any atom is 0.387 e. The van der Waals surface area contributed by atoms with Crippen LogP contribution in [0.25, 0.3) is 0 Å². The Balaban J connectivity index is 1.83. The van der Waals surface area contributed by atoms with Crippen LogP contribution in [-0.4, -0.2) is 29.6 Å². The molecule has 0 saturated heterocycles. The lowest BCUT2D eigenvalue weighted by Crippen LogP contribution is -2.36. The van der Waals surface area contributed by atoms with E-state index in [4.69, 9.17) is 0 Å². The standard InChI is InChI=1S/C16H17F2N3O2/c1-21(16(22)20-10-13-3-2-8-19-9-13)11-12-4-6-14(7-5-12)23-15(17)18/h2-9,15H,10-11H2,1H3,(H,20,22). The molecular weight excluding hydrogens is 304 g/mol. The van der Waals surface area contributed by atoms with Gasteiger partial charge in [-0.25, -0.2) is 4.79 Å². The Kier molecular flexibility index (Phi) is 5.85. The summed E-state index contributed by atoms with van der Waals surface area (Å²) in [6.45, 7) is -2.10. The molecule has 0 bridgehead atoms. The van der Waals surface area contributed by atoms with Crippen LogP contribution < -0.4 is 10.1 Å². The fourth-order valence-corrected chi connectivity index (χ4v) is 1.94. The van der Waals surface area contributed by atoms with Crippen molar-refractivity contribution in [3.63, 3.8) is 0 Å². The van der Waals surface area contributed by atoms with E-state index in [2.05, 4.69) is 15.0 Å². The van der Waals surface area contributed by atoms with E-state index in [1.54, 1.807) is 37.6 Å². The minimum absolute atomic E-state index is 0.0902. The van der Waals surface area contributed by atoms with Crippen molar-refractivity contribution in [3.05, 3.63) is 59.9 Å². The second kappa shape index (κ2) is 8.07. The van der Waals surface area contributed by atoms with Gasteiger partial charge in [-0.1, -0.05) is 18.2 Å². The SMILES string of the molecule is CN(Cc1ccc(OC(F)F)cc1)C(=O)NCc1cccnc1. The molecule has 1 aromatic carbocycles. The van der Waals surface area contributed by atoms with Crippen LogP contribution in [0.5, 0.6) is 5.75 Å². The van der Waals surface area contributed by atoms with Gasteiger partial charge in [0.1, 0.15) is 5.75 Å². The summed E-state index contributed by atoms with van der Waals surface area (Å²) in [4.78, 5) is 17.5. The molecule has 5 nitrogen and oxygen atoms in total. The predicted molar refractivity (Wildman–Crippen MR) is 81.0 cm³/mol. The lowest BCUT2D eigenvalue weighted by Gasteiger charge is -2.18. The van der Waals surface area contributed by atoms with E-state index in [0.717, 1.165) is 11.1 Å². The number of ether oxygens (including phenoxy) is 1. The Bertz CT molecular complexity index is 621. The number of halogens is 2. The Hall–Kier alpha value is -2.70. The minimum Gasteiger partial charge on any atom is -0.435 e. The van der Waals surface area contributed by atoms with Crippen molar-refractivity contribution in [2.24, 2.45) is 0 Å². The number of urea groups is 1. The van der Waals surface area contributed by atoms with Crippen LogP contribution in [0.15, 0.2) is 48.8 Å². The number of rotatable bonds is 6. The molecule has 23 heavy (non-hydrogen) atoms. The second-order valence-corrected chi connectivity index (χ2v) is 4.90. The van der Waals surface area contributed by atoms with Crippen molar-refractivity contribution in [3.8, 4) is 5.75 Å². The summed E-state index contributed by atoms with van der Waals surface area (Å²) in [6, 6.07) is 9.61. The highest BCUT2D eigenvalue weighted by Crippen LogP contribution is 2.15. The lowest BCUT2D eigenvalue weighted by atomic mass is 10.2. The normalized spacial score (nSPS) is 10.4. The summed E-state index contributed by atoms with van der Waals surface area (Å²) >= 11 is 0. The number of carbonyl (C=O) groups is 1. The van der Waals surface area contributed by atoms with Gasteiger partial charge < -0.3 is 15.0 Å². The summed E-state index contributed by atoms with van der Waals surface area (Å²) in [5.41, 5.74) is 1.72. The first-order valence-electron chi connectivity index (χ1n) is 6.96. The Morgan fingerprint density at radius 1 is 1.26 bits per heavy atom. The highest BCUT2D eigenvalue weighted by molar-refractivity contribution is 5.73. The molecule has 2 rings (SSSR count). The third-order valence-electron chi connectivity index (χ3n) is 3.08. The maximum absolute atomic E-state index is 12.1. The molecule has 2 amide bonds. The van der Waals surface area contributed by atoms with Crippen molar-refractivity contribution in [2.45, 2.75) is 19.7 Å². The van der Waals surface area contributed by atoms with Crippen molar-refractivity contribution < 1.29 is 18.3 Å². The van der Waals surface area contributed by atoms with Gasteiger partial charge in [0.2, 0.25) is 0 Å². The van der Waals surface area contributed by atoms with E-state index in [-0.39, 0.29) is 11.8 Å². The first kappa shape index (κ1) is 16.7. The van der Waals surface area contributed by atoms with Crippen LogP contribution in [0.3, 0.4) is 0 Å². The quantitative estimate of drug-likeness (QED) is 0.890. The Labute approximate surface area is 132 Å². The van der Waals surface area contributed by atoms with E-state index in [1.807, 2.05) is 6.07 Å². The molecule has 122 valence electrons. The monoisotopic (exact) mass is 321 g/mol. The van der Waals surface area contributed by atoms with Gasteiger partial charge in [-0.2, -0.15) is 8.78 Å². The maximum atomic E-state index is 12.1. The van der Waals surface area contributed by atoms with E-state index in [1.165, 1.54) is 17.0 Å². The van der Waals surface area contributed by atoms with Crippen LogP contribution >= 0.6 is 0 Å². The molecule has 1 heterocycles. The van der Waals surface area contributed by atoms with Crippen LogP contribution in [0.4, 0.5) is 13.6 Å². The van der Waals surface area contributed by atoms with E-state index >= 15 is 0 Å². The number of hydrogen-bond donors (Lipinski definition) is 1. The third kappa shape index (κ3) is 5.54. The molecule has 0 aliphatic rings. The largest absolute Gasteiger partial charge is 0.435 e. The van der Waals surface area contributed by atoms with E-state index < -0.39 is 6.61 Å². The molecule has 2 aromatic rings. The fourth-order valence-electron chi connectivity index (χ4n) is 1.94. The number of alkyl halides is 2. The molecule has 0 spiro atoms. The van der Waals surface area contributed by atoms with Crippen LogP contribution in [0.2, 0.25) is 0 Å². The zero-order valence-corrected chi connectivity index (χ0v) is 12.6. The number of amides is 2. The van der Waals surface area contributed by atoms with Crippen LogP contribution in [0, 0.1) is 0 Å². The predicted octanol–water partition coefficient (Wildman–Crippen LogP) is 3.02. The van der Waals surface area contributed by atoms with Gasteiger partial charge in [0.05, 0.1) is 0 Å². The second-order valence-electron chi connectivity index (χ2n) is 4.90. The molecule has 0 fully saturated rings. The summed E-state index contributed by atoms with van der Waals surface area (Å²) < 4.78 is 28.4. The molecule has 7 heteroatoms. The van der Waals surface area contributed by atoms with Crippen LogP contribution in [-0.2, 0) is 13.1 Å². The molecule has 0 aliphatic heterocycles. The first-order chi connectivity index (χ1) is 11.0. The molecule has 0 unspecified atom stereocenters. The average Bonchev–Trinajstić information content (AvgIpc) is 2.55. The molecular formula is C16H17F2N3O2. The number of benzene rings is 1. The van der Waals surface area contributed by atoms with Gasteiger partial charge in [-0.15, -0.1) is 0 Å². The van der Waals surface area contributed by atoms with Crippen molar-refractivity contribution in [2.75, 3.05) is 7.05 Å². The van der Waals surface area contributed by atoms with Gasteiger partial charge in [0.25, 0.3) is 0 Å². The first-order valence-corrected chi connectivity index (χ1v) is 6.96. The fraction of sp³-hybridized carbons (Fsp3) is 0.250. The molecule has 0 aliphatic carbocycles. The van der Waals surface area contributed by atoms with Crippen molar-refractivity contribution in [1.29, 1.82) is 0 Å². The number of nitrogens with one attached hydrogen (secondary N) is 1. The van der Waals surface area contributed by atoms with Gasteiger partial charge in [0.15, 0.2) is 0 Å². The van der Waals surface area contributed by atoms with Gasteiger partial charge in [-0.05, 0) is 29.3 Å². The summed E-state index contributed by atoms with van der Waals surface area (Å²) in [6.07, 6.45) is 3.35. The smallest absolute Gasteiger partial charge is 0.387 e. The zero-order chi connectivity index (χ0) is 16.7. The molecule has 0 atom stereocenters. The van der Waals surface area contributed by atoms with E-state index in [0.29, 0.717) is 13.1 Å². The molecule has 0 radical (unpaired) electrons. The van der Waals surface area contributed by atoms with Gasteiger partial charge in [0, 0.05) is 32.5 Å². The molecule has 0 saturated carbocycles. The highest BCUT2D eigenvalue weighted by atomic mass is 19.3. The number of carbonyl (C=O) groups excluding carboxylic acids is 1. The number of nitrogens with zero attached hydrogens (tertiary/aromatic N) is 2. The summed E-state index contributed by atoms with van der Waals surface area (Å²) in [5.74, 6) is 0.0902. The van der Waals surface area contributed by atoms with E-state index in [9.17, 15) is 13.6 Å². The minimum atomic E-state index is -2.85. The topological polar surface area (TPSA) is 54.5 Å². The number of pyridine rings is 1. The van der Waals surface area contributed by atoms with Crippen LogP contribution in [0.1, 0.15) is 11.1 Å². The lowest BCUT2D eigenvalue weighted by molar-refractivity contribution is -0.0498. The van der Waals surface area contributed by atoms with Crippen molar-refractivity contribution >= 4 is 6.03 Å². The zero-order valence-electron chi connectivity index (χ0n) is 12.6. The van der Waals surface area contributed by atoms with Gasteiger partial charge >= 0.3 is 12.6 Å². The van der Waals surface area contributed by atoms with Gasteiger partial charge in [-0.3, -0.25) is 4.98 Å². The Morgan fingerprint density at radius 3 is 2.61 bits per heavy atom.